The van der Waals surface area contributed by atoms with E-state index in [-0.39, 0.29) is 29.4 Å². The van der Waals surface area contributed by atoms with Crippen molar-refractivity contribution in [3.8, 4) is 0 Å². The number of ether oxygens (including phenoxy) is 2. The molecule has 0 heterocycles. The highest BCUT2D eigenvalue weighted by molar-refractivity contribution is 5.79. The summed E-state index contributed by atoms with van der Waals surface area (Å²) in [5, 5.41) is 0. The molecular formula is C32H49NO4. The Morgan fingerprint density at radius 3 is 2.14 bits per heavy atom. The Hall–Kier alpha value is -1.88. The first kappa shape index (κ1) is 28.1. The van der Waals surface area contributed by atoms with Gasteiger partial charge < -0.3 is 14.4 Å². The van der Waals surface area contributed by atoms with Gasteiger partial charge >= 0.3 is 11.9 Å². The lowest BCUT2D eigenvalue weighted by Crippen LogP contribution is -2.51. The van der Waals surface area contributed by atoms with Gasteiger partial charge in [-0.05, 0) is 107 Å². The number of carbonyl (C=O) groups excluding carboxylic acids is 2. The molecule has 0 saturated heterocycles. The molecule has 5 rings (SSSR count). The zero-order valence-corrected chi connectivity index (χ0v) is 24.0. The van der Waals surface area contributed by atoms with Crippen molar-refractivity contribution < 1.29 is 19.1 Å². The number of esters is 2. The molecule has 4 aliphatic carbocycles. The Labute approximate surface area is 224 Å². The lowest BCUT2D eigenvalue weighted by Gasteiger charge is -2.54. The van der Waals surface area contributed by atoms with Gasteiger partial charge in [-0.1, -0.05) is 51.1 Å². The Balaban J connectivity index is 1.53. The molecule has 5 nitrogen and oxygen atoms in total. The summed E-state index contributed by atoms with van der Waals surface area (Å²) in [4.78, 5) is 29.1. The highest BCUT2D eigenvalue weighted by Crippen LogP contribution is 2.55. The van der Waals surface area contributed by atoms with Crippen LogP contribution in [-0.2, 0) is 24.5 Å². The van der Waals surface area contributed by atoms with E-state index >= 15 is 0 Å². The molecule has 4 fully saturated rings. The van der Waals surface area contributed by atoms with E-state index in [1.165, 1.54) is 37.7 Å². The van der Waals surface area contributed by atoms with E-state index in [0.29, 0.717) is 37.8 Å². The maximum atomic E-state index is 14.2. The molecule has 4 aliphatic rings. The molecule has 4 bridgehead atoms. The van der Waals surface area contributed by atoms with Crippen molar-refractivity contribution in [3.63, 3.8) is 0 Å². The van der Waals surface area contributed by atoms with E-state index in [2.05, 4.69) is 38.1 Å². The lowest BCUT2D eigenvalue weighted by atomic mass is 9.55. The monoisotopic (exact) mass is 511 g/mol. The van der Waals surface area contributed by atoms with E-state index in [9.17, 15) is 9.59 Å². The second kappa shape index (κ2) is 11.5. The summed E-state index contributed by atoms with van der Waals surface area (Å²) in [6.07, 6.45) is 8.26. The largest absolute Gasteiger partial charge is 0.464 e. The van der Waals surface area contributed by atoms with Crippen molar-refractivity contribution in [1.29, 1.82) is 0 Å². The normalized spacial score (nSPS) is 30.4. The number of hydrogen-bond acceptors (Lipinski definition) is 5. The third kappa shape index (κ3) is 6.41. The Morgan fingerprint density at radius 1 is 1.00 bits per heavy atom. The fourth-order valence-corrected chi connectivity index (χ4v) is 7.92. The van der Waals surface area contributed by atoms with Crippen molar-refractivity contribution in [2.45, 2.75) is 90.6 Å². The molecule has 1 aromatic rings. The Bertz CT molecular complexity index is 902. The van der Waals surface area contributed by atoms with Gasteiger partial charge in [0.15, 0.2) is 0 Å². The summed E-state index contributed by atoms with van der Waals surface area (Å²) in [6.45, 7) is 9.42. The van der Waals surface area contributed by atoms with E-state index < -0.39 is 5.41 Å². The number of nitrogens with zero attached hydrogens (tertiary/aromatic N) is 1. The summed E-state index contributed by atoms with van der Waals surface area (Å²) >= 11 is 0. The summed E-state index contributed by atoms with van der Waals surface area (Å²) in [5.74, 6) is 1.98. The van der Waals surface area contributed by atoms with Crippen molar-refractivity contribution in [2.75, 3.05) is 27.2 Å². The van der Waals surface area contributed by atoms with Crippen LogP contribution in [0.4, 0.5) is 0 Å². The predicted molar refractivity (Wildman–Crippen MR) is 147 cm³/mol. The number of hydrogen-bond donors (Lipinski definition) is 0. The van der Waals surface area contributed by atoms with Crippen LogP contribution in [0.3, 0.4) is 0 Å². The maximum absolute atomic E-state index is 14.2. The average Bonchev–Trinajstić information content (AvgIpc) is 2.85. The van der Waals surface area contributed by atoms with Gasteiger partial charge in [0.1, 0.15) is 12.7 Å². The fourth-order valence-electron chi connectivity index (χ4n) is 7.92. The summed E-state index contributed by atoms with van der Waals surface area (Å²) in [6, 6.07) is 10.5. The van der Waals surface area contributed by atoms with Crippen molar-refractivity contribution >= 4 is 11.9 Å². The second-order valence-electron chi connectivity index (χ2n) is 13.4. The van der Waals surface area contributed by atoms with Crippen molar-refractivity contribution in [2.24, 2.45) is 35.0 Å². The summed E-state index contributed by atoms with van der Waals surface area (Å²) in [7, 11) is 3.92. The third-order valence-electron chi connectivity index (χ3n) is 9.85. The van der Waals surface area contributed by atoms with Crippen LogP contribution in [-0.4, -0.2) is 50.2 Å². The van der Waals surface area contributed by atoms with Gasteiger partial charge in [0.05, 0.1) is 11.3 Å². The maximum Gasteiger partial charge on any atom is 0.312 e. The number of benzene rings is 1. The molecule has 0 amide bonds. The molecular weight excluding hydrogens is 462 g/mol. The topological polar surface area (TPSA) is 55.8 Å². The van der Waals surface area contributed by atoms with E-state index in [0.717, 1.165) is 18.3 Å². The molecule has 0 radical (unpaired) electrons. The number of likely N-dealkylation sites (N-methyl/N-ethyl adjacent to an activating group) is 1. The van der Waals surface area contributed by atoms with Crippen LogP contribution in [0.1, 0.15) is 84.6 Å². The molecule has 0 N–H and O–H groups in total. The molecule has 206 valence electrons. The first-order valence-electron chi connectivity index (χ1n) is 14.6. The predicted octanol–water partition coefficient (Wildman–Crippen LogP) is 6.25. The highest BCUT2D eigenvalue weighted by atomic mass is 16.5. The molecule has 3 unspecified atom stereocenters. The highest BCUT2D eigenvalue weighted by Gasteiger charge is 2.52. The average molecular weight is 512 g/mol. The molecule has 1 aromatic carbocycles. The molecule has 37 heavy (non-hydrogen) atoms. The fraction of sp³-hybridized carbons (Fsp3) is 0.750. The van der Waals surface area contributed by atoms with E-state index in [4.69, 9.17) is 9.47 Å². The van der Waals surface area contributed by atoms with Gasteiger partial charge in [0.2, 0.25) is 0 Å². The van der Waals surface area contributed by atoms with Crippen LogP contribution in [0.2, 0.25) is 0 Å². The minimum atomic E-state index is -0.782. The zero-order valence-electron chi connectivity index (χ0n) is 24.0. The van der Waals surface area contributed by atoms with Crippen molar-refractivity contribution in [3.05, 3.63) is 35.9 Å². The van der Waals surface area contributed by atoms with Gasteiger partial charge in [-0.3, -0.25) is 9.59 Å². The molecule has 0 aliphatic heterocycles. The van der Waals surface area contributed by atoms with Crippen LogP contribution in [0, 0.1) is 35.0 Å². The second-order valence-corrected chi connectivity index (χ2v) is 13.4. The minimum Gasteiger partial charge on any atom is -0.464 e. The molecule has 3 atom stereocenters. The number of rotatable bonds is 12. The first-order valence-corrected chi connectivity index (χ1v) is 14.6. The van der Waals surface area contributed by atoms with Crippen LogP contribution in [0.25, 0.3) is 0 Å². The standard InChI is InChI=1S/C32H49NO4/c1-7-31(3,27-11-9-8-10-12-27)21-32(4,20-22(2)29(34)36-14-13-33(5)6)30(35)37-28-25-16-23-15-24(18-25)19-26(28)17-23/h8-12,22-26,28H,7,13-21H2,1-6H3. The van der Waals surface area contributed by atoms with Gasteiger partial charge in [-0.15, -0.1) is 0 Å². The van der Waals surface area contributed by atoms with Crippen LogP contribution < -0.4 is 0 Å². The summed E-state index contributed by atoms with van der Waals surface area (Å²) in [5.41, 5.74) is 0.246. The molecule has 0 aromatic heterocycles. The Morgan fingerprint density at radius 2 is 1.59 bits per heavy atom. The summed E-state index contributed by atoms with van der Waals surface area (Å²) < 4.78 is 12.1. The SMILES string of the molecule is CCC(C)(CC(C)(CC(C)C(=O)OCCN(C)C)C(=O)OC1C2CC3CC(C2)CC1C3)c1ccccc1. The Kier molecular flexibility index (Phi) is 8.72. The van der Waals surface area contributed by atoms with Crippen molar-refractivity contribution in [1.82, 2.24) is 4.90 Å². The van der Waals surface area contributed by atoms with E-state index in [1.807, 2.05) is 38.9 Å². The molecule has 4 saturated carbocycles. The van der Waals surface area contributed by atoms with Crippen LogP contribution in [0.5, 0.6) is 0 Å². The first-order chi connectivity index (χ1) is 17.5. The van der Waals surface area contributed by atoms with Gasteiger partial charge in [0, 0.05) is 6.54 Å². The number of carbonyl (C=O) groups is 2. The van der Waals surface area contributed by atoms with Gasteiger partial charge in [-0.25, -0.2) is 0 Å². The quantitative estimate of drug-likeness (QED) is 0.311. The minimum absolute atomic E-state index is 0.0478. The van der Waals surface area contributed by atoms with Crippen LogP contribution >= 0.6 is 0 Å². The van der Waals surface area contributed by atoms with Gasteiger partial charge in [-0.2, -0.15) is 0 Å². The third-order valence-corrected chi connectivity index (χ3v) is 9.85. The van der Waals surface area contributed by atoms with Crippen LogP contribution in [0.15, 0.2) is 30.3 Å². The zero-order chi connectivity index (χ0) is 26.8. The smallest absolute Gasteiger partial charge is 0.312 e. The lowest BCUT2D eigenvalue weighted by molar-refractivity contribution is -0.184. The molecule has 5 heteroatoms. The van der Waals surface area contributed by atoms with Gasteiger partial charge in [0.25, 0.3) is 0 Å². The molecule has 0 spiro atoms. The van der Waals surface area contributed by atoms with E-state index in [1.54, 1.807) is 0 Å².